The zero-order valence-electron chi connectivity index (χ0n) is 14.4. The maximum atomic E-state index is 12.2. The fourth-order valence-corrected chi connectivity index (χ4v) is 3.62. The third-order valence-electron chi connectivity index (χ3n) is 4.51. The van der Waals surface area contributed by atoms with Crippen LogP contribution in [0.25, 0.3) is 11.1 Å². The van der Waals surface area contributed by atoms with Gasteiger partial charge in [0.1, 0.15) is 11.2 Å². The number of aromatic nitrogens is 2. The van der Waals surface area contributed by atoms with Gasteiger partial charge in [-0.15, -0.1) is 0 Å². The number of anilines is 1. The van der Waals surface area contributed by atoms with Crippen LogP contribution in [-0.4, -0.2) is 33.7 Å². The molecular formula is C20H14BrN3O4. The lowest BCUT2D eigenvalue weighted by molar-refractivity contribution is 0.0691. The quantitative estimate of drug-likeness (QED) is 0.628. The van der Waals surface area contributed by atoms with E-state index in [-0.39, 0.29) is 28.6 Å². The minimum absolute atomic E-state index is 0.0897. The van der Waals surface area contributed by atoms with E-state index in [1.54, 1.807) is 0 Å². The van der Waals surface area contributed by atoms with Gasteiger partial charge >= 0.3 is 12.1 Å². The van der Waals surface area contributed by atoms with E-state index in [2.05, 4.69) is 31.2 Å². The average Bonchev–Trinajstić information content (AvgIpc) is 3.01. The molecule has 2 N–H and O–H groups in total. The summed E-state index contributed by atoms with van der Waals surface area (Å²) in [5, 5.41) is 11.6. The highest BCUT2D eigenvalue weighted by Gasteiger charge is 2.29. The highest BCUT2D eigenvalue weighted by Crippen LogP contribution is 2.44. The first kappa shape index (κ1) is 18.1. The van der Waals surface area contributed by atoms with Crippen molar-refractivity contribution in [2.24, 2.45) is 0 Å². The van der Waals surface area contributed by atoms with E-state index in [1.165, 1.54) is 6.20 Å². The van der Waals surface area contributed by atoms with Gasteiger partial charge in [-0.05, 0) is 38.2 Å². The first-order valence-corrected chi connectivity index (χ1v) is 9.21. The Balaban J connectivity index is 1.51. The predicted molar refractivity (Wildman–Crippen MR) is 105 cm³/mol. The van der Waals surface area contributed by atoms with Gasteiger partial charge in [0.15, 0.2) is 11.5 Å². The third-order valence-corrected chi connectivity index (χ3v) is 4.89. The van der Waals surface area contributed by atoms with Gasteiger partial charge in [-0.3, -0.25) is 5.32 Å². The lowest BCUT2D eigenvalue weighted by atomic mass is 9.98. The van der Waals surface area contributed by atoms with Crippen LogP contribution in [0, 0.1) is 0 Å². The second-order valence-corrected chi connectivity index (χ2v) is 6.96. The van der Waals surface area contributed by atoms with E-state index in [1.807, 2.05) is 48.5 Å². The molecule has 0 fully saturated rings. The Bertz CT molecular complexity index is 1040. The number of halogens is 1. The number of carboxylic acid groups (broad SMARTS) is 1. The van der Waals surface area contributed by atoms with Crippen LogP contribution < -0.4 is 5.32 Å². The molecule has 4 rings (SSSR count). The summed E-state index contributed by atoms with van der Waals surface area (Å²) in [6.45, 7) is 0.117. The molecule has 0 bridgehead atoms. The Morgan fingerprint density at radius 3 is 2.29 bits per heavy atom. The van der Waals surface area contributed by atoms with Crippen molar-refractivity contribution in [3.8, 4) is 11.1 Å². The number of fused-ring (bicyclic) bond motifs is 3. The number of carboxylic acids is 1. The first-order valence-electron chi connectivity index (χ1n) is 8.42. The van der Waals surface area contributed by atoms with Gasteiger partial charge in [0.25, 0.3) is 0 Å². The lowest BCUT2D eigenvalue weighted by Crippen LogP contribution is -2.20. The number of nitrogens with one attached hydrogen (secondary N) is 1. The Morgan fingerprint density at radius 2 is 1.68 bits per heavy atom. The van der Waals surface area contributed by atoms with E-state index in [9.17, 15) is 14.7 Å². The van der Waals surface area contributed by atoms with E-state index in [0.717, 1.165) is 22.3 Å². The number of amides is 1. The van der Waals surface area contributed by atoms with Gasteiger partial charge in [-0.25, -0.2) is 19.6 Å². The summed E-state index contributed by atoms with van der Waals surface area (Å²) in [7, 11) is 0. The number of hydrogen-bond donors (Lipinski definition) is 2. The van der Waals surface area contributed by atoms with Crippen LogP contribution in [0.1, 0.15) is 27.5 Å². The average molecular weight is 440 g/mol. The molecule has 1 amide bonds. The van der Waals surface area contributed by atoms with E-state index >= 15 is 0 Å². The zero-order valence-corrected chi connectivity index (χ0v) is 16.0. The number of hydrogen-bond acceptors (Lipinski definition) is 5. The molecule has 0 saturated heterocycles. The zero-order chi connectivity index (χ0) is 19.7. The van der Waals surface area contributed by atoms with Crippen molar-refractivity contribution >= 4 is 33.8 Å². The Labute approximate surface area is 168 Å². The number of aromatic carboxylic acids is 1. The van der Waals surface area contributed by atoms with Gasteiger partial charge in [-0.2, -0.15) is 0 Å². The summed E-state index contributed by atoms with van der Waals surface area (Å²) in [5.74, 6) is -1.57. The van der Waals surface area contributed by atoms with Crippen LogP contribution in [0.4, 0.5) is 10.6 Å². The molecule has 140 valence electrons. The molecule has 0 saturated carbocycles. The van der Waals surface area contributed by atoms with Crippen LogP contribution >= 0.6 is 15.9 Å². The van der Waals surface area contributed by atoms with Crippen molar-refractivity contribution in [3.05, 3.63) is 76.2 Å². The van der Waals surface area contributed by atoms with Crippen molar-refractivity contribution < 1.29 is 19.4 Å². The Hall–Kier alpha value is -3.26. The number of nitrogens with zero attached hydrogens (tertiary/aromatic N) is 2. The standard InChI is InChI=1S/C20H14BrN3O4/c21-16-9-22-18(17(23-16)19(25)26)24-20(27)28-10-15-13-7-3-1-5-11(13)12-6-2-4-8-14(12)15/h1-9,15H,10H2,(H,25,26)(H,22,24,27). The van der Waals surface area contributed by atoms with E-state index in [4.69, 9.17) is 4.74 Å². The summed E-state index contributed by atoms with van der Waals surface area (Å²) >= 11 is 3.06. The molecule has 1 heterocycles. The van der Waals surface area contributed by atoms with Gasteiger partial charge in [0.2, 0.25) is 0 Å². The van der Waals surface area contributed by atoms with Gasteiger partial charge < -0.3 is 9.84 Å². The summed E-state index contributed by atoms with van der Waals surface area (Å²) in [6, 6.07) is 16.0. The number of rotatable bonds is 4. The molecule has 7 nitrogen and oxygen atoms in total. The molecule has 2 aromatic carbocycles. The molecule has 0 spiro atoms. The molecular weight excluding hydrogens is 426 g/mol. The fourth-order valence-electron chi connectivity index (χ4n) is 3.34. The van der Waals surface area contributed by atoms with Crippen LogP contribution in [0.15, 0.2) is 59.3 Å². The second-order valence-electron chi connectivity index (χ2n) is 6.15. The smallest absolute Gasteiger partial charge is 0.412 e. The molecule has 0 atom stereocenters. The Kier molecular flexibility index (Phi) is 4.79. The summed E-state index contributed by atoms with van der Waals surface area (Å²) in [4.78, 5) is 31.2. The van der Waals surface area contributed by atoms with Crippen LogP contribution in [-0.2, 0) is 4.74 Å². The molecule has 1 aromatic heterocycles. The summed E-state index contributed by atoms with van der Waals surface area (Å²) < 4.78 is 5.64. The highest BCUT2D eigenvalue weighted by molar-refractivity contribution is 9.10. The molecule has 1 aliphatic carbocycles. The third kappa shape index (κ3) is 3.34. The van der Waals surface area contributed by atoms with Gasteiger partial charge in [0.05, 0.1) is 6.20 Å². The van der Waals surface area contributed by atoms with E-state index < -0.39 is 12.1 Å². The molecule has 0 radical (unpaired) electrons. The molecule has 0 unspecified atom stereocenters. The first-order chi connectivity index (χ1) is 13.5. The molecule has 0 aliphatic heterocycles. The minimum Gasteiger partial charge on any atom is -0.476 e. The monoisotopic (exact) mass is 439 g/mol. The number of benzene rings is 2. The Morgan fingerprint density at radius 1 is 1.07 bits per heavy atom. The van der Waals surface area contributed by atoms with E-state index in [0.29, 0.717) is 0 Å². The van der Waals surface area contributed by atoms with Gasteiger partial charge in [-0.1, -0.05) is 48.5 Å². The number of ether oxygens (including phenoxy) is 1. The topological polar surface area (TPSA) is 101 Å². The largest absolute Gasteiger partial charge is 0.476 e. The number of carbonyl (C=O) groups excluding carboxylic acids is 1. The lowest BCUT2D eigenvalue weighted by Gasteiger charge is -2.14. The fraction of sp³-hybridized carbons (Fsp3) is 0.100. The van der Waals surface area contributed by atoms with Crippen molar-refractivity contribution in [3.63, 3.8) is 0 Å². The van der Waals surface area contributed by atoms with Crippen LogP contribution in [0.2, 0.25) is 0 Å². The number of carbonyl (C=O) groups is 2. The van der Waals surface area contributed by atoms with Crippen molar-refractivity contribution in [2.45, 2.75) is 5.92 Å². The maximum absolute atomic E-state index is 12.2. The second kappa shape index (κ2) is 7.40. The normalized spacial score (nSPS) is 12.2. The summed E-state index contributed by atoms with van der Waals surface area (Å²) in [6.07, 6.45) is 0.506. The van der Waals surface area contributed by atoms with Gasteiger partial charge in [0, 0.05) is 5.92 Å². The highest BCUT2D eigenvalue weighted by atomic mass is 79.9. The van der Waals surface area contributed by atoms with Crippen molar-refractivity contribution in [1.82, 2.24) is 9.97 Å². The molecule has 8 heteroatoms. The minimum atomic E-state index is -1.30. The predicted octanol–water partition coefficient (Wildman–Crippen LogP) is 4.30. The summed E-state index contributed by atoms with van der Waals surface area (Å²) in [5.41, 5.74) is 4.05. The van der Waals surface area contributed by atoms with Crippen molar-refractivity contribution in [1.29, 1.82) is 0 Å². The molecule has 3 aromatic rings. The van der Waals surface area contributed by atoms with Crippen LogP contribution in [0.3, 0.4) is 0 Å². The molecule has 28 heavy (non-hydrogen) atoms. The SMILES string of the molecule is O=C(Nc1ncc(Br)nc1C(=O)O)OCC1c2ccccc2-c2ccccc21. The maximum Gasteiger partial charge on any atom is 0.412 e. The van der Waals surface area contributed by atoms with Crippen LogP contribution in [0.5, 0.6) is 0 Å². The van der Waals surface area contributed by atoms with Crippen molar-refractivity contribution in [2.75, 3.05) is 11.9 Å². The molecule has 1 aliphatic rings.